The monoisotopic (exact) mass is 264 g/mol. The molecule has 0 radical (unpaired) electrons. The maximum atomic E-state index is 11.5. The fourth-order valence-electron chi connectivity index (χ4n) is 2.89. The molecule has 0 aliphatic carbocycles. The molecule has 0 bridgehead atoms. The molecule has 1 fully saturated rings. The maximum absolute atomic E-state index is 11.5. The first-order valence-corrected chi connectivity index (χ1v) is 7.23. The summed E-state index contributed by atoms with van der Waals surface area (Å²) >= 11 is 1.84. The lowest BCUT2D eigenvalue weighted by Gasteiger charge is -2.25. The Kier molecular flexibility index (Phi) is 3.08. The smallest absolute Gasteiger partial charge is 0.312 e. The first-order valence-electron chi connectivity index (χ1n) is 6.24. The van der Waals surface area contributed by atoms with E-state index in [1.165, 1.54) is 10.5 Å². The predicted octanol–water partition coefficient (Wildman–Crippen LogP) is 2.76. The minimum absolute atomic E-state index is 0.351. The fraction of sp³-hybridized carbons (Fsp3) is 0.500. The van der Waals surface area contributed by atoms with Gasteiger partial charge in [0.1, 0.15) is 0 Å². The molecule has 0 aromatic heterocycles. The van der Waals surface area contributed by atoms with E-state index in [2.05, 4.69) is 12.1 Å². The topological polar surface area (TPSA) is 46.5 Å². The number of hydrogen-bond acceptors (Lipinski definition) is 3. The number of carbonyl (C=O) groups is 1. The van der Waals surface area contributed by atoms with E-state index in [-0.39, 0.29) is 0 Å². The van der Waals surface area contributed by atoms with E-state index in [1.807, 2.05) is 23.9 Å². The zero-order chi connectivity index (χ0) is 12.6. The molecule has 0 amide bonds. The predicted molar refractivity (Wildman–Crippen MR) is 70.0 cm³/mol. The Morgan fingerprint density at radius 3 is 3.06 bits per heavy atom. The molecule has 1 saturated heterocycles. The van der Waals surface area contributed by atoms with Gasteiger partial charge in [-0.05, 0) is 30.4 Å². The molecule has 0 spiro atoms. The highest BCUT2D eigenvalue weighted by Crippen LogP contribution is 2.47. The van der Waals surface area contributed by atoms with Crippen molar-refractivity contribution < 1.29 is 14.6 Å². The standard InChI is InChI=1S/C14H16O3S/c15-13(16)14(5-6-17-9-14)7-10-8-18-12-4-2-1-3-11(10)12/h1-4,10H,5-9H2,(H,15,16). The van der Waals surface area contributed by atoms with E-state index >= 15 is 0 Å². The van der Waals surface area contributed by atoms with E-state index in [4.69, 9.17) is 4.74 Å². The summed E-state index contributed by atoms with van der Waals surface area (Å²) < 4.78 is 5.33. The summed E-state index contributed by atoms with van der Waals surface area (Å²) in [5.74, 6) is 0.646. The van der Waals surface area contributed by atoms with Gasteiger partial charge >= 0.3 is 5.97 Å². The molecule has 4 heteroatoms. The number of aliphatic carboxylic acids is 1. The minimum atomic E-state index is -0.700. The third-order valence-electron chi connectivity index (χ3n) is 3.99. The summed E-state index contributed by atoms with van der Waals surface area (Å²) in [4.78, 5) is 12.8. The van der Waals surface area contributed by atoms with Gasteiger partial charge in [-0.3, -0.25) is 4.79 Å². The Morgan fingerprint density at radius 1 is 1.50 bits per heavy atom. The second-order valence-corrected chi connectivity index (χ2v) is 6.20. The lowest BCUT2D eigenvalue weighted by Crippen LogP contribution is -2.33. The Morgan fingerprint density at radius 2 is 2.33 bits per heavy atom. The van der Waals surface area contributed by atoms with Crippen molar-refractivity contribution in [3.05, 3.63) is 29.8 Å². The van der Waals surface area contributed by atoms with Crippen LogP contribution >= 0.6 is 11.8 Å². The number of carboxylic acid groups (broad SMARTS) is 1. The van der Waals surface area contributed by atoms with Crippen LogP contribution in [-0.4, -0.2) is 30.0 Å². The number of fused-ring (bicyclic) bond motifs is 1. The zero-order valence-corrected chi connectivity index (χ0v) is 10.9. The highest BCUT2D eigenvalue weighted by atomic mass is 32.2. The molecule has 2 unspecified atom stereocenters. The van der Waals surface area contributed by atoms with Gasteiger partial charge < -0.3 is 9.84 Å². The highest BCUT2D eigenvalue weighted by molar-refractivity contribution is 7.99. The van der Waals surface area contributed by atoms with Crippen molar-refractivity contribution in [1.82, 2.24) is 0 Å². The summed E-state index contributed by atoms with van der Waals surface area (Å²) in [7, 11) is 0. The second kappa shape index (κ2) is 4.59. The number of benzene rings is 1. The van der Waals surface area contributed by atoms with Crippen molar-refractivity contribution in [1.29, 1.82) is 0 Å². The van der Waals surface area contributed by atoms with Crippen LogP contribution in [0, 0.1) is 5.41 Å². The molecule has 2 aliphatic heterocycles. The molecule has 96 valence electrons. The Hall–Kier alpha value is -1.00. The van der Waals surface area contributed by atoms with Crippen LogP contribution < -0.4 is 0 Å². The number of thioether (sulfide) groups is 1. The van der Waals surface area contributed by atoms with Crippen LogP contribution in [0.5, 0.6) is 0 Å². The van der Waals surface area contributed by atoms with Gasteiger partial charge in [0.05, 0.1) is 12.0 Å². The summed E-state index contributed by atoms with van der Waals surface area (Å²) in [6.45, 7) is 0.944. The van der Waals surface area contributed by atoms with Crippen LogP contribution in [0.3, 0.4) is 0 Å². The second-order valence-electron chi connectivity index (χ2n) is 5.14. The quantitative estimate of drug-likeness (QED) is 0.912. The summed E-state index contributed by atoms with van der Waals surface area (Å²) in [6, 6.07) is 8.33. The molecule has 2 aliphatic rings. The van der Waals surface area contributed by atoms with E-state index in [1.54, 1.807) is 0 Å². The van der Waals surface area contributed by atoms with Gasteiger partial charge in [-0.1, -0.05) is 18.2 Å². The molecular formula is C14H16O3S. The van der Waals surface area contributed by atoms with E-state index in [0.717, 1.165) is 5.75 Å². The molecule has 1 aromatic carbocycles. The summed E-state index contributed by atoms with van der Waals surface area (Å²) in [5, 5.41) is 9.49. The van der Waals surface area contributed by atoms with Crippen molar-refractivity contribution in [3.8, 4) is 0 Å². The van der Waals surface area contributed by atoms with Crippen molar-refractivity contribution in [2.45, 2.75) is 23.7 Å². The molecule has 3 rings (SSSR count). The number of ether oxygens (including phenoxy) is 1. The number of carboxylic acids is 1. The van der Waals surface area contributed by atoms with Gasteiger partial charge in [-0.2, -0.15) is 0 Å². The average molecular weight is 264 g/mol. The third kappa shape index (κ3) is 1.93. The van der Waals surface area contributed by atoms with E-state index in [0.29, 0.717) is 32.0 Å². The first-order chi connectivity index (χ1) is 8.71. The van der Waals surface area contributed by atoms with E-state index < -0.39 is 11.4 Å². The zero-order valence-electron chi connectivity index (χ0n) is 10.1. The van der Waals surface area contributed by atoms with Crippen molar-refractivity contribution in [2.75, 3.05) is 19.0 Å². The van der Waals surface area contributed by atoms with Gasteiger partial charge in [0, 0.05) is 17.3 Å². The first kappa shape index (κ1) is 12.1. The molecule has 18 heavy (non-hydrogen) atoms. The molecular weight excluding hydrogens is 248 g/mol. The number of rotatable bonds is 3. The molecule has 2 heterocycles. The maximum Gasteiger partial charge on any atom is 0.312 e. The fourth-order valence-corrected chi connectivity index (χ4v) is 4.15. The van der Waals surface area contributed by atoms with Crippen molar-refractivity contribution in [3.63, 3.8) is 0 Å². The Balaban J connectivity index is 1.83. The third-order valence-corrected chi connectivity index (χ3v) is 5.24. The van der Waals surface area contributed by atoms with Crippen LogP contribution in [0.1, 0.15) is 24.3 Å². The van der Waals surface area contributed by atoms with Gasteiger partial charge in [0.2, 0.25) is 0 Å². The average Bonchev–Trinajstić information content (AvgIpc) is 2.99. The molecule has 0 saturated carbocycles. The molecule has 1 aromatic rings. The molecule has 3 nitrogen and oxygen atoms in total. The van der Waals surface area contributed by atoms with Crippen LogP contribution in [-0.2, 0) is 9.53 Å². The van der Waals surface area contributed by atoms with Gasteiger partial charge in [0.15, 0.2) is 0 Å². The Bertz CT molecular complexity index is 466. The summed E-state index contributed by atoms with van der Waals surface area (Å²) in [6.07, 6.45) is 1.35. The number of hydrogen-bond donors (Lipinski definition) is 1. The van der Waals surface area contributed by atoms with E-state index in [9.17, 15) is 9.90 Å². The van der Waals surface area contributed by atoms with Gasteiger partial charge in [-0.15, -0.1) is 11.8 Å². The lowest BCUT2D eigenvalue weighted by molar-refractivity contribution is -0.149. The molecule has 1 N–H and O–H groups in total. The largest absolute Gasteiger partial charge is 0.481 e. The van der Waals surface area contributed by atoms with Crippen LogP contribution in [0.2, 0.25) is 0 Å². The Labute approximate surface area is 111 Å². The normalized spacial score (nSPS) is 30.3. The van der Waals surface area contributed by atoms with Crippen molar-refractivity contribution in [2.24, 2.45) is 5.41 Å². The van der Waals surface area contributed by atoms with Crippen LogP contribution in [0.4, 0.5) is 0 Å². The highest BCUT2D eigenvalue weighted by Gasteiger charge is 2.45. The van der Waals surface area contributed by atoms with Crippen LogP contribution in [0.25, 0.3) is 0 Å². The minimum Gasteiger partial charge on any atom is -0.481 e. The molecule has 2 atom stereocenters. The van der Waals surface area contributed by atoms with Gasteiger partial charge in [-0.25, -0.2) is 0 Å². The summed E-state index contributed by atoms with van der Waals surface area (Å²) in [5.41, 5.74) is 0.651. The lowest BCUT2D eigenvalue weighted by atomic mass is 9.77. The van der Waals surface area contributed by atoms with Crippen molar-refractivity contribution >= 4 is 17.7 Å². The SMILES string of the molecule is O=C(O)C1(CC2CSc3ccccc32)CCOC1. The van der Waals surface area contributed by atoms with Gasteiger partial charge in [0.25, 0.3) is 0 Å². The van der Waals surface area contributed by atoms with Crippen LogP contribution in [0.15, 0.2) is 29.2 Å².